The van der Waals surface area contributed by atoms with Crippen molar-refractivity contribution < 1.29 is 14.6 Å². The maximum Gasteiger partial charge on any atom is 0.151 e. The number of aliphatic hydroxyl groups excluding tert-OH is 1. The molecule has 18 heavy (non-hydrogen) atoms. The molecule has 94 valence electrons. The molecule has 0 saturated heterocycles. The van der Waals surface area contributed by atoms with Gasteiger partial charge < -0.3 is 14.6 Å². The fourth-order valence-corrected chi connectivity index (χ4v) is 1.55. The van der Waals surface area contributed by atoms with E-state index in [2.05, 4.69) is 4.98 Å². The average molecular weight is 245 g/mol. The van der Waals surface area contributed by atoms with Crippen LogP contribution in [0, 0.1) is 0 Å². The van der Waals surface area contributed by atoms with Crippen LogP contribution in [0.5, 0.6) is 17.2 Å². The van der Waals surface area contributed by atoms with E-state index in [1.807, 2.05) is 25.1 Å². The summed E-state index contributed by atoms with van der Waals surface area (Å²) < 4.78 is 11.1. The summed E-state index contributed by atoms with van der Waals surface area (Å²) in [6.07, 6.45) is 3.20. The van der Waals surface area contributed by atoms with Crippen LogP contribution in [0.2, 0.25) is 0 Å². The number of aromatic nitrogens is 1. The van der Waals surface area contributed by atoms with Crippen molar-refractivity contribution in [2.45, 2.75) is 13.5 Å². The second-order valence-electron chi connectivity index (χ2n) is 3.65. The maximum absolute atomic E-state index is 9.20. The third-order valence-corrected chi connectivity index (χ3v) is 2.38. The molecule has 1 heterocycles. The monoisotopic (exact) mass is 245 g/mol. The van der Waals surface area contributed by atoms with Crippen LogP contribution in [0.15, 0.2) is 42.7 Å². The number of rotatable bonds is 5. The zero-order chi connectivity index (χ0) is 12.8. The fraction of sp³-hybridized carbons (Fsp3) is 0.214. The first-order valence-corrected chi connectivity index (χ1v) is 5.78. The van der Waals surface area contributed by atoms with Crippen LogP contribution >= 0.6 is 0 Å². The van der Waals surface area contributed by atoms with Crippen molar-refractivity contribution in [3.8, 4) is 17.2 Å². The Morgan fingerprint density at radius 3 is 2.83 bits per heavy atom. The van der Waals surface area contributed by atoms with E-state index in [1.54, 1.807) is 24.5 Å². The zero-order valence-corrected chi connectivity index (χ0v) is 10.2. The Hall–Kier alpha value is -2.07. The minimum absolute atomic E-state index is 0.0804. The highest BCUT2D eigenvalue weighted by molar-refractivity contribution is 5.38. The predicted octanol–water partition coefficient (Wildman–Crippen LogP) is 2.76. The summed E-state index contributed by atoms with van der Waals surface area (Å²) in [7, 11) is 0. The maximum atomic E-state index is 9.20. The van der Waals surface area contributed by atoms with Gasteiger partial charge in [-0.25, -0.2) is 0 Å². The van der Waals surface area contributed by atoms with Crippen LogP contribution < -0.4 is 9.47 Å². The largest absolute Gasteiger partial charge is 0.494 e. The van der Waals surface area contributed by atoms with E-state index >= 15 is 0 Å². The number of pyridine rings is 1. The highest BCUT2D eigenvalue weighted by atomic mass is 16.5. The van der Waals surface area contributed by atoms with Crippen molar-refractivity contribution in [2.24, 2.45) is 0 Å². The standard InChI is InChI=1S/C14H15NO3/c1-2-17-12-4-3-5-13(8-12)18-14-9-15-7-6-11(14)10-16/h3-9,16H,2,10H2,1H3. The van der Waals surface area contributed by atoms with Crippen molar-refractivity contribution in [3.05, 3.63) is 48.3 Å². The topological polar surface area (TPSA) is 51.6 Å². The first-order chi connectivity index (χ1) is 8.83. The molecule has 0 spiro atoms. The number of nitrogens with zero attached hydrogens (tertiary/aromatic N) is 1. The Morgan fingerprint density at radius 1 is 1.22 bits per heavy atom. The van der Waals surface area contributed by atoms with Gasteiger partial charge in [0.25, 0.3) is 0 Å². The molecular formula is C14H15NO3. The first-order valence-electron chi connectivity index (χ1n) is 5.78. The van der Waals surface area contributed by atoms with Gasteiger partial charge in [0.2, 0.25) is 0 Å². The van der Waals surface area contributed by atoms with Gasteiger partial charge in [0.15, 0.2) is 5.75 Å². The average Bonchev–Trinajstić information content (AvgIpc) is 2.40. The minimum atomic E-state index is -0.0804. The molecule has 1 aromatic carbocycles. The van der Waals surface area contributed by atoms with Gasteiger partial charge in [-0.2, -0.15) is 0 Å². The summed E-state index contributed by atoms with van der Waals surface area (Å²) >= 11 is 0. The molecule has 0 atom stereocenters. The first kappa shape index (κ1) is 12.4. The Labute approximate surface area is 106 Å². The Bertz CT molecular complexity index is 514. The van der Waals surface area contributed by atoms with Gasteiger partial charge in [0, 0.05) is 17.8 Å². The van der Waals surface area contributed by atoms with E-state index in [0.29, 0.717) is 23.7 Å². The molecular weight excluding hydrogens is 230 g/mol. The molecule has 0 aliphatic rings. The van der Waals surface area contributed by atoms with Crippen LogP contribution in [0.3, 0.4) is 0 Å². The van der Waals surface area contributed by atoms with Crippen LogP contribution in [-0.2, 0) is 6.61 Å². The lowest BCUT2D eigenvalue weighted by molar-refractivity contribution is 0.276. The Morgan fingerprint density at radius 2 is 2.06 bits per heavy atom. The van der Waals surface area contributed by atoms with Crippen molar-refractivity contribution in [2.75, 3.05) is 6.61 Å². The molecule has 0 saturated carbocycles. The molecule has 1 aromatic heterocycles. The number of ether oxygens (including phenoxy) is 2. The molecule has 0 unspecified atom stereocenters. The van der Waals surface area contributed by atoms with E-state index < -0.39 is 0 Å². The lowest BCUT2D eigenvalue weighted by Gasteiger charge is -2.10. The van der Waals surface area contributed by atoms with Crippen LogP contribution in [0.1, 0.15) is 12.5 Å². The summed E-state index contributed by atoms with van der Waals surface area (Å²) in [6, 6.07) is 9.08. The van der Waals surface area contributed by atoms with E-state index in [0.717, 1.165) is 5.75 Å². The molecule has 0 fully saturated rings. The van der Waals surface area contributed by atoms with Gasteiger partial charge in [-0.1, -0.05) is 6.07 Å². The van der Waals surface area contributed by atoms with Gasteiger partial charge in [0.1, 0.15) is 11.5 Å². The van der Waals surface area contributed by atoms with Crippen LogP contribution in [0.25, 0.3) is 0 Å². The van der Waals surface area contributed by atoms with Gasteiger partial charge in [-0.3, -0.25) is 4.98 Å². The smallest absolute Gasteiger partial charge is 0.151 e. The van der Waals surface area contributed by atoms with E-state index in [-0.39, 0.29) is 6.61 Å². The Balaban J connectivity index is 2.20. The lowest BCUT2D eigenvalue weighted by atomic mass is 10.2. The highest BCUT2D eigenvalue weighted by Gasteiger charge is 2.04. The number of hydrogen-bond acceptors (Lipinski definition) is 4. The van der Waals surface area contributed by atoms with E-state index in [4.69, 9.17) is 9.47 Å². The molecule has 2 aromatic rings. The van der Waals surface area contributed by atoms with E-state index in [1.165, 1.54) is 0 Å². The van der Waals surface area contributed by atoms with Crippen molar-refractivity contribution in [3.63, 3.8) is 0 Å². The van der Waals surface area contributed by atoms with Crippen LogP contribution in [-0.4, -0.2) is 16.7 Å². The van der Waals surface area contributed by atoms with E-state index in [9.17, 15) is 5.11 Å². The second kappa shape index (κ2) is 6.02. The number of aliphatic hydroxyl groups is 1. The van der Waals surface area contributed by atoms with Gasteiger partial charge in [0.05, 0.1) is 19.4 Å². The zero-order valence-electron chi connectivity index (χ0n) is 10.2. The molecule has 0 amide bonds. The molecule has 0 bridgehead atoms. The lowest BCUT2D eigenvalue weighted by Crippen LogP contribution is -1.94. The molecule has 4 heteroatoms. The summed E-state index contributed by atoms with van der Waals surface area (Å²) in [5.41, 5.74) is 0.701. The molecule has 0 radical (unpaired) electrons. The molecule has 2 rings (SSSR count). The van der Waals surface area contributed by atoms with Gasteiger partial charge >= 0.3 is 0 Å². The predicted molar refractivity (Wildman–Crippen MR) is 67.8 cm³/mol. The summed E-state index contributed by atoms with van der Waals surface area (Å²) in [5.74, 6) is 1.96. The van der Waals surface area contributed by atoms with Crippen LogP contribution in [0.4, 0.5) is 0 Å². The third-order valence-electron chi connectivity index (χ3n) is 2.38. The Kier molecular flexibility index (Phi) is 4.15. The molecule has 0 aliphatic heterocycles. The van der Waals surface area contributed by atoms with Gasteiger partial charge in [-0.15, -0.1) is 0 Å². The quantitative estimate of drug-likeness (QED) is 0.880. The summed E-state index contributed by atoms with van der Waals surface area (Å²) in [6.45, 7) is 2.46. The van der Waals surface area contributed by atoms with Gasteiger partial charge in [-0.05, 0) is 25.1 Å². The van der Waals surface area contributed by atoms with Crippen molar-refractivity contribution in [1.29, 1.82) is 0 Å². The summed E-state index contributed by atoms with van der Waals surface area (Å²) in [5, 5.41) is 9.20. The number of benzene rings is 1. The SMILES string of the molecule is CCOc1cccc(Oc2cnccc2CO)c1. The normalized spacial score (nSPS) is 10.1. The molecule has 4 nitrogen and oxygen atoms in total. The summed E-state index contributed by atoms with van der Waals surface area (Å²) in [4.78, 5) is 3.98. The second-order valence-corrected chi connectivity index (χ2v) is 3.65. The van der Waals surface area contributed by atoms with Crippen molar-refractivity contribution >= 4 is 0 Å². The minimum Gasteiger partial charge on any atom is -0.494 e. The molecule has 1 N–H and O–H groups in total. The van der Waals surface area contributed by atoms with Crippen molar-refractivity contribution in [1.82, 2.24) is 4.98 Å². The fourth-order valence-electron chi connectivity index (χ4n) is 1.55. The third kappa shape index (κ3) is 2.99. The highest BCUT2D eigenvalue weighted by Crippen LogP contribution is 2.27. The number of hydrogen-bond donors (Lipinski definition) is 1. The molecule has 0 aliphatic carbocycles.